The number of halogens is 5. The summed E-state index contributed by atoms with van der Waals surface area (Å²) in [5, 5.41) is 2.51. The zero-order valence-electron chi connectivity index (χ0n) is 12.9. The lowest BCUT2D eigenvalue weighted by molar-refractivity contribution is -0.135. The maximum atomic E-state index is 13.3. The number of benzene rings is 1. The van der Waals surface area contributed by atoms with Crippen LogP contribution in [0.25, 0.3) is 0 Å². The van der Waals surface area contributed by atoms with Gasteiger partial charge in [0.25, 0.3) is 5.91 Å². The van der Waals surface area contributed by atoms with Crippen molar-refractivity contribution in [2.45, 2.75) is 25.7 Å². The normalized spacial score (nSPS) is 10.1. The molecule has 1 aromatic carbocycles. The van der Waals surface area contributed by atoms with Crippen LogP contribution in [0, 0.1) is 29.1 Å². The molecule has 0 fully saturated rings. The summed E-state index contributed by atoms with van der Waals surface area (Å²) in [6.07, 6.45) is 2.03. The lowest BCUT2D eigenvalue weighted by atomic mass is 10.2. The first-order valence-electron chi connectivity index (χ1n) is 7.15. The Hall–Kier alpha value is -2.67. The summed E-state index contributed by atoms with van der Waals surface area (Å²) in [4.78, 5) is 22.5. The first kappa shape index (κ1) is 20.4. The first-order valence-corrected chi connectivity index (χ1v) is 7.15. The number of amides is 1. The molecule has 9 heteroatoms. The predicted octanol–water partition coefficient (Wildman–Crippen LogP) is 3.31. The van der Waals surface area contributed by atoms with Crippen molar-refractivity contribution in [2.75, 3.05) is 6.54 Å². The van der Waals surface area contributed by atoms with Crippen LogP contribution in [0.1, 0.15) is 25.7 Å². The van der Waals surface area contributed by atoms with Gasteiger partial charge in [-0.2, -0.15) is 8.78 Å². The maximum absolute atomic E-state index is 13.3. The zero-order chi connectivity index (χ0) is 19.0. The third-order valence-corrected chi connectivity index (χ3v) is 2.98. The second-order valence-electron chi connectivity index (χ2n) is 4.82. The fourth-order valence-corrected chi connectivity index (χ4v) is 1.77. The Kier molecular flexibility index (Phi) is 7.81. The summed E-state index contributed by atoms with van der Waals surface area (Å²) in [6.45, 7) is 3.55. The standard InChI is InChI=1S/C16H14F5NO3/c1-2-6-9(23)22-8-5-3-4-7-10(24)25-16-14(20)12(18)11(17)13(19)15(16)21/h6H,1,3-5,7-8H2,(H,22,23). The fraction of sp³-hybridized carbons (Fsp3) is 0.312. The number of carbonyl (C=O) groups excluding carboxylic acids is 2. The van der Waals surface area contributed by atoms with E-state index in [1.54, 1.807) is 0 Å². The third-order valence-electron chi connectivity index (χ3n) is 2.98. The van der Waals surface area contributed by atoms with E-state index in [1.807, 2.05) is 0 Å². The summed E-state index contributed by atoms with van der Waals surface area (Å²) in [5.41, 5.74) is 2.29. The molecule has 0 aromatic heterocycles. The highest BCUT2D eigenvalue weighted by atomic mass is 19.2. The smallest absolute Gasteiger partial charge is 0.311 e. The first-order chi connectivity index (χ1) is 11.8. The van der Waals surface area contributed by atoms with E-state index in [0.717, 1.165) is 6.08 Å². The van der Waals surface area contributed by atoms with E-state index in [2.05, 4.69) is 22.4 Å². The summed E-state index contributed by atoms with van der Waals surface area (Å²) in [5.74, 6) is -14.3. The molecule has 1 aromatic rings. The molecule has 0 spiro atoms. The van der Waals surface area contributed by atoms with Gasteiger partial charge in [0.15, 0.2) is 0 Å². The van der Waals surface area contributed by atoms with E-state index in [9.17, 15) is 31.5 Å². The molecule has 0 heterocycles. The van der Waals surface area contributed by atoms with Crippen LogP contribution in [-0.2, 0) is 9.59 Å². The molecular formula is C16H14F5NO3. The molecule has 0 aliphatic rings. The van der Waals surface area contributed by atoms with Gasteiger partial charge in [0.05, 0.1) is 0 Å². The monoisotopic (exact) mass is 363 g/mol. The number of hydrogen-bond acceptors (Lipinski definition) is 3. The maximum Gasteiger partial charge on any atom is 0.311 e. The molecule has 0 aliphatic heterocycles. The number of esters is 1. The molecule has 25 heavy (non-hydrogen) atoms. The van der Waals surface area contributed by atoms with Gasteiger partial charge in [0.2, 0.25) is 34.8 Å². The molecule has 0 bridgehead atoms. The number of unbranched alkanes of at least 4 members (excludes halogenated alkanes) is 2. The van der Waals surface area contributed by atoms with E-state index in [4.69, 9.17) is 0 Å². The second-order valence-corrected chi connectivity index (χ2v) is 4.82. The van der Waals surface area contributed by atoms with Gasteiger partial charge in [0, 0.05) is 19.0 Å². The molecule has 1 rings (SSSR count). The average molecular weight is 363 g/mol. The van der Waals surface area contributed by atoms with Crippen LogP contribution in [-0.4, -0.2) is 18.4 Å². The van der Waals surface area contributed by atoms with Crippen LogP contribution in [0.5, 0.6) is 5.75 Å². The molecule has 0 saturated heterocycles. The summed E-state index contributed by atoms with van der Waals surface area (Å²) >= 11 is 0. The highest BCUT2D eigenvalue weighted by molar-refractivity contribution is 5.87. The number of nitrogens with one attached hydrogen (secondary N) is 1. The van der Waals surface area contributed by atoms with Gasteiger partial charge in [-0.25, -0.2) is 13.2 Å². The van der Waals surface area contributed by atoms with Gasteiger partial charge >= 0.3 is 5.97 Å². The van der Waals surface area contributed by atoms with Crippen LogP contribution in [0.15, 0.2) is 18.4 Å². The topological polar surface area (TPSA) is 55.4 Å². The van der Waals surface area contributed by atoms with Crippen LogP contribution in [0.3, 0.4) is 0 Å². The number of hydrogen-bond donors (Lipinski definition) is 1. The largest absolute Gasteiger partial charge is 0.420 e. The summed E-state index contributed by atoms with van der Waals surface area (Å²) in [7, 11) is 0. The second kappa shape index (κ2) is 9.58. The van der Waals surface area contributed by atoms with E-state index in [1.165, 1.54) is 0 Å². The minimum atomic E-state index is -2.33. The molecule has 0 unspecified atom stereocenters. The molecule has 4 nitrogen and oxygen atoms in total. The lowest BCUT2D eigenvalue weighted by Gasteiger charge is -2.08. The van der Waals surface area contributed by atoms with Crippen molar-refractivity contribution in [1.29, 1.82) is 0 Å². The van der Waals surface area contributed by atoms with Gasteiger partial charge < -0.3 is 10.1 Å². The quantitative estimate of drug-likeness (QED) is 0.113. The molecule has 136 valence electrons. The number of carbonyl (C=O) groups is 2. The zero-order valence-corrected chi connectivity index (χ0v) is 12.9. The van der Waals surface area contributed by atoms with Gasteiger partial charge in [-0.3, -0.25) is 9.59 Å². The Bertz CT molecular complexity index is 685. The molecule has 0 atom stereocenters. The van der Waals surface area contributed by atoms with Gasteiger partial charge in [-0.05, 0) is 12.8 Å². The molecule has 0 saturated carbocycles. The van der Waals surface area contributed by atoms with Crippen molar-refractivity contribution in [2.24, 2.45) is 0 Å². The molecule has 0 radical (unpaired) electrons. The highest BCUT2D eigenvalue weighted by Gasteiger charge is 2.28. The molecular weight excluding hydrogens is 349 g/mol. The van der Waals surface area contributed by atoms with Crippen molar-refractivity contribution >= 4 is 11.9 Å². The van der Waals surface area contributed by atoms with Crippen molar-refractivity contribution in [3.05, 3.63) is 47.5 Å². The highest BCUT2D eigenvalue weighted by Crippen LogP contribution is 2.29. The van der Waals surface area contributed by atoms with E-state index in [-0.39, 0.29) is 18.7 Å². The Morgan fingerprint density at radius 3 is 2.08 bits per heavy atom. The molecule has 0 aliphatic carbocycles. The SMILES string of the molecule is C=C=CC(=O)NCCCCCC(=O)Oc1c(F)c(F)c(F)c(F)c1F. The fourth-order valence-electron chi connectivity index (χ4n) is 1.77. The Morgan fingerprint density at radius 1 is 0.960 bits per heavy atom. The van der Waals surface area contributed by atoms with Crippen LogP contribution >= 0.6 is 0 Å². The van der Waals surface area contributed by atoms with Crippen molar-refractivity contribution in [3.8, 4) is 5.75 Å². The molecule has 1 amide bonds. The van der Waals surface area contributed by atoms with Crippen LogP contribution in [0.2, 0.25) is 0 Å². The summed E-state index contributed by atoms with van der Waals surface area (Å²) in [6, 6.07) is 0. The van der Waals surface area contributed by atoms with E-state index in [0.29, 0.717) is 19.4 Å². The Labute approximate surface area is 140 Å². The van der Waals surface area contributed by atoms with E-state index < -0.39 is 40.8 Å². The van der Waals surface area contributed by atoms with Gasteiger partial charge in [-0.1, -0.05) is 13.0 Å². The van der Waals surface area contributed by atoms with Crippen LogP contribution in [0.4, 0.5) is 22.0 Å². The van der Waals surface area contributed by atoms with Crippen molar-refractivity contribution in [1.82, 2.24) is 5.32 Å². The average Bonchev–Trinajstić information content (AvgIpc) is 2.58. The number of rotatable bonds is 8. The minimum Gasteiger partial charge on any atom is -0.420 e. The third kappa shape index (κ3) is 5.72. The molecule has 1 N–H and O–H groups in total. The number of ether oxygens (including phenoxy) is 1. The minimum absolute atomic E-state index is 0.237. The summed E-state index contributed by atoms with van der Waals surface area (Å²) < 4.78 is 69.7. The predicted molar refractivity (Wildman–Crippen MR) is 77.1 cm³/mol. The van der Waals surface area contributed by atoms with Crippen molar-refractivity contribution < 1.29 is 36.3 Å². The van der Waals surface area contributed by atoms with Gasteiger partial charge in [0.1, 0.15) is 0 Å². The van der Waals surface area contributed by atoms with Crippen molar-refractivity contribution in [3.63, 3.8) is 0 Å². The van der Waals surface area contributed by atoms with E-state index >= 15 is 0 Å². The van der Waals surface area contributed by atoms with Crippen LogP contribution < -0.4 is 10.1 Å². The Morgan fingerprint density at radius 2 is 1.52 bits per heavy atom. The lowest BCUT2D eigenvalue weighted by Crippen LogP contribution is -2.21. The Balaban J connectivity index is 2.46. The van der Waals surface area contributed by atoms with Gasteiger partial charge in [-0.15, -0.1) is 5.73 Å².